The van der Waals surface area contributed by atoms with Crippen molar-refractivity contribution in [1.29, 1.82) is 0 Å². The molecule has 7 heteroatoms. The fraction of sp³-hybridized carbons (Fsp3) is 0.500. The first-order valence-electron chi connectivity index (χ1n) is 6.44. The van der Waals surface area contributed by atoms with Crippen LogP contribution in [-0.4, -0.2) is 38.1 Å². The molecule has 0 bridgehead atoms. The molecular weight excluding hydrogens is 406 g/mol. The summed E-state index contributed by atoms with van der Waals surface area (Å²) in [4.78, 5) is 11.9. The fourth-order valence-corrected chi connectivity index (χ4v) is 3.31. The molecule has 1 aliphatic rings. The van der Waals surface area contributed by atoms with Crippen molar-refractivity contribution in [2.75, 3.05) is 25.6 Å². The van der Waals surface area contributed by atoms with E-state index in [-0.39, 0.29) is 6.04 Å². The predicted octanol–water partition coefficient (Wildman–Crippen LogP) is 3.56. The van der Waals surface area contributed by atoms with Crippen LogP contribution in [0.3, 0.4) is 0 Å². The first kappa shape index (κ1) is 16.7. The highest BCUT2D eigenvalue weighted by molar-refractivity contribution is 9.11. The third kappa shape index (κ3) is 4.18. The summed E-state index contributed by atoms with van der Waals surface area (Å²) < 4.78 is 17.6. The number of carbonyl (C=O) groups is 1. The maximum absolute atomic E-state index is 11.9. The molecule has 116 valence electrons. The molecule has 1 aromatic carbocycles. The van der Waals surface area contributed by atoms with Crippen LogP contribution in [0.25, 0.3) is 0 Å². The van der Waals surface area contributed by atoms with E-state index in [0.29, 0.717) is 24.5 Å². The zero-order valence-electron chi connectivity index (χ0n) is 12.0. The van der Waals surface area contributed by atoms with Crippen LogP contribution in [0.4, 0.5) is 5.69 Å². The van der Waals surface area contributed by atoms with Crippen molar-refractivity contribution in [2.24, 2.45) is 0 Å². The largest absolute Gasteiger partial charge is 0.465 e. The van der Waals surface area contributed by atoms with Crippen LogP contribution in [0.15, 0.2) is 21.1 Å². The Morgan fingerprint density at radius 3 is 2.52 bits per heavy atom. The minimum absolute atomic E-state index is 0.0427. The van der Waals surface area contributed by atoms with E-state index in [9.17, 15) is 4.79 Å². The van der Waals surface area contributed by atoms with E-state index in [1.807, 2.05) is 19.9 Å². The molecule has 0 amide bonds. The lowest BCUT2D eigenvalue weighted by atomic mass is 10.1. The number of rotatable bonds is 3. The second-order valence-electron chi connectivity index (χ2n) is 5.16. The molecular formula is C14H17Br2NO4. The lowest BCUT2D eigenvalue weighted by Gasteiger charge is -2.36. The van der Waals surface area contributed by atoms with E-state index in [1.165, 1.54) is 7.11 Å². The van der Waals surface area contributed by atoms with Crippen LogP contribution in [0.5, 0.6) is 0 Å². The number of halogens is 2. The van der Waals surface area contributed by atoms with Gasteiger partial charge in [0.25, 0.3) is 0 Å². The Labute approximate surface area is 140 Å². The van der Waals surface area contributed by atoms with Gasteiger partial charge in [-0.2, -0.15) is 0 Å². The number of carbonyl (C=O) groups excluding carboxylic acids is 1. The topological polar surface area (TPSA) is 56.8 Å². The standard InChI is InChI=1S/C14H17Br2NO4/c1-14(2)20-6-9(7-21-14)17-12-10(13(18)19-3)4-8(15)5-11(12)16/h4-5,9,17H,6-7H2,1-3H3. The van der Waals surface area contributed by atoms with E-state index in [1.54, 1.807) is 6.07 Å². The molecule has 0 unspecified atom stereocenters. The zero-order chi connectivity index (χ0) is 15.6. The summed E-state index contributed by atoms with van der Waals surface area (Å²) in [5.74, 6) is -0.974. The van der Waals surface area contributed by atoms with Crippen molar-refractivity contribution < 1.29 is 19.0 Å². The summed E-state index contributed by atoms with van der Waals surface area (Å²) >= 11 is 6.83. The van der Waals surface area contributed by atoms with E-state index in [2.05, 4.69) is 37.2 Å². The van der Waals surface area contributed by atoms with Gasteiger partial charge in [-0.1, -0.05) is 15.9 Å². The molecule has 1 N–H and O–H groups in total. The molecule has 5 nitrogen and oxygen atoms in total. The third-order valence-electron chi connectivity index (χ3n) is 3.07. The Bertz CT molecular complexity index is 538. The van der Waals surface area contributed by atoms with Crippen LogP contribution in [-0.2, 0) is 14.2 Å². The summed E-state index contributed by atoms with van der Waals surface area (Å²) in [5.41, 5.74) is 1.12. The van der Waals surface area contributed by atoms with Gasteiger partial charge in [-0.05, 0) is 41.9 Å². The molecule has 0 aromatic heterocycles. The summed E-state index contributed by atoms with van der Waals surface area (Å²) in [7, 11) is 1.36. The second kappa shape index (κ2) is 6.64. The van der Waals surface area contributed by atoms with Gasteiger partial charge in [-0.15, -0.1) is 0 Å². The minimum atomic E-state index is -0.569. The molecule has 2 rings (SSSR count). The molecule has 1 saturated heterocycles. The number of nitrogens with one attached hydrogen (secondary N) is 1. The van der Waals surface area contributed by atoms with Crippen molar-refractivity contribution in [1.82, 2.24) is 0 Å². The lowest BCUT2D eigenvalue weighted by molar-refractivity contribution is -0.247. The Kier molecular flexibility index (Phi) is 5.29. The molecule has 0 aliphatic carbocycles. The average molecular weight is 423 g/mol. The highest BCUT2D eigenvalue weighted by Crippen LogP contribution is 2.32. The van der Waals surface area contributed by atoms with Crippen LogP contribution < -0.4 is 5.32 Å². The van der Waals surface area contributed by atoms with Crippen LogP contribution >= 0.6 is 31.9 Å². The van der Waals surface area contributed by atoms with E-state index in [4.69, 9.17) is 14.2 Å². The van der Waals surface area contributed by atoms with Gasteiger partial charge in [0.05, 0.1) is 37.6 Å². The summed E-state index contributed by atoms with van der Waals surface area (Å²) in [6.07, 6.45) is 0. The molecule has 1 fully saturated rings. The lowest BCUT2D eigenvalue weighted by Crippen LogP contribution is -2.45. The molecule has 0 spiro atoms. The van der Waals surface area contributed by atoms with Gasteiger partial charge in [0.1, 0.15) is 0 Å². The normalized spacial score (nSPS) is 18.3. The monoisotopic (exact) mass is 421 g/mol. The van der Waals surface area contributed by atoms with Crippen LogP contribution in [0.2, 0.25) is 0 Å². The SMILES string of the molecule is COC(=O)c1cc(Br)cc(Br)c1NC1COC(C)(C)OC1. The van der Waals surface area contributed by atoms with Crippen molar-refractivity contribution in [3.63, 3.8) is 0 Å². The zero-order valence-corrected chi connectivity index (χ0v) is 15.2. The Morgan fingerprint density at radius 2 is 1.95 bits per heavy atom. The maximum Gasteiger partial charge on any atom is 0.340 e. The number of hydrogen-bond acceptors (Lipinski definition) is 5. The van der Waals surface area contributed by atoms with Crippen molar-refractivity contribution in [3.8, 4) is 0 Å². The first-order valence-corrected chi connectivity index (χ1v) is 8.03. The average Bonchev–Trinajstić information content (AvgIpc) is 2.42. The molecule has 21 heavy (non-hydrogen) atoms. The van der Waals surface area contributed by atoms with Crippen molar-refractivity contribution in [2.45, 2.75) is 25.7 Å². The minimum Gasteiger partial charge on any atom is -0.465 e. The molecule has 0 atom stereocenters. The van der Waals surface area contributed by atoms with Gasteiger partial charge >= 0.3 is 5.97 Å². The first-order chi connectivity index (χ1) is 9.82. The van der Waals surface area contributed by atoms with Gasteiger partial charge in [0.15, 0.2) is 5.79 Å². The number of anilines is 1. The Balaban J connectivity index is 2.21. The van der Waals surface area contributed by atoms with Gasteiger partial charge in [-0.3, -0.25) is 0 Å². The summed E-state index contributed by atoms with van der Waals surface area (Å²) in [5, 5.41) is 3.28. The smallest absolute Gasteiger partial charge is 0.340 e. The number of ether oxygens (including phenoxy) is 3. The third-order valence-corrected chi connectivity index (χ3v) is 4.16. The van der Waals surface area contributed by atoms with E-state index in [0.717, 1.165) is 8.95 Å². The molecule has 1 aliphatic heterocycles. The Morgan fingerprint density at radius 1 is 1.33 bits per heavy atom. The summed E-state index contributed by atoms with van der Waals surface area (Å²) in [6, 6.07) is 3.54. The number of benzene rings is 1. The van der Waals surface area contributed by atoms with E-state index >= 15 is 0 Å². The number of hydrogen-bond donors (Lipinski definition) is 1. The van der Waals surface area contributed by atoms with Gasteiger partial charge in [0.2, 0.25) is 0 Å². The van der Waals surface area contributed by atoms with E-state index < -0.39 is 11.8 Å². The highest BCUT2D eigenvalue weighted by atomic mass is 79.9. The van der Waals surface area contributed by atoms with Crippen LogP contribution in [0.1, 0.15) is 24.2 Å². The predicted molar refractivity (Wildman–Crippen MR) is 86.6 cm³/mol. The molecule has 1 aromatic rings. The maximum atomic E-state index is 11.9. The highest BCUT2D eigenvalue weighted by Gasteiger charge is 2.29. The number of methoxy groups -OCH3 is 1. The quantitative estimate of drug-likeness (QED) is 0.754. The second-order valence-corrected chi connectivity index (χ2v) is 6.93. The van der Waals surface area contributed by atoms with Gasteiger partial charge in [-0.25, -0.2) is 4.79 Å². The molecule has 1 heterocycles. The summed E-state index contributed by atoms with van der Waals surface area (Å²) in [6.45, 7) is 4.74. The number of esters is 1. The van der Waals surface area contributed by atoms with Gasteiger partial charge < -0.3 is 19.5 Å². The van der Waals surface area contributed by atoms with Crippen LogP contribution in [0, 0.1) is 0 Å². The Hall–Kier alpha value is -0.630. The molecule has 0 radical (unpaired) electrons. The van der Waals surface area contributed by atoms with Crippen molar-refractivity contribution >= 4 is 43.5 Å². The molecule has 0 saturated carbocycles. The fourth-order valence-electron chi connectivity index (χ4n) is 1.97. The van der Waals surface area contributed by atoms with Crippen molar-refractivity contribution in [3.05, 3.63) is 26.6 Å². The van der Waals surface area contributed by atoms with Gasteiger partial charge in [0, 0.05) is 8.95 Å².